The Morgan fingerprint density at radius 2 is 1.70 bits per heavy atom. The first-order chi connectivity index (χ1) is 11.9. The predicted molar refractivity (Wildman–Crippen MR) is 111 cm³/mol. The topological polar surface area (TPSA) is 113 Å². The average molecular weight is 399 g/mol. The van der Waals surface area contributed by atoms with Crippen LogP contribution in [0.4, 0.5) is 11.4 Å². The standard InChI is InChI=1S/C19H30N4O3.ClH/c1-11(2)16(20)17(25)21-10-15(24)23-14-9-13(8-7-12(14)3)22-18(26)19(4,5)6;/h7-9,11,16H,10,20H2,1-6H3,(H,21,25)(H,22,26)(H,23,24);1H/t16-;/m0./s1. The molecule has 152 valence electrons. The lowest BCUT2D eigenvalue weighted by molar-refractivity contribution is -0.125. The number of rotatable bonds is 6. The van der Waals surface area contributed by atoms with Gasteiger partial charge in [0.15, 0.2) is 0 Å². The second kappa shape index (κ2) is 10.3. The molecule has 0 aliphatic heterocycles. The van der Waals surface area contributed by atoms with E-state index in [1.807, 2.05) is 41.5 Å². The number of benzene rings is 1. The third-order valence-electron chi connectivity index (χ3n) is 3.89. The number of hydrogen-bond acceptors (Lipinski definition) is 4. The molecule has 1 rings (SSSR count). The first-order valence-electron chi connectivity index (χ1n) is 8.67. The van der Waals surface area contributed by atoms with Crippen LogP contribution in [-0.4, -0.2) is 30.3 Å². The fourth-order valence-electron chi connectivity index (χ4n) is 1.94. The van der Waals surface area contributed by atoms with E-state index in [2.05, 4.69) is 16.0 Å². The van der Waals surface area contributed by atoms with E-state index in [1.54, 1.807) is 18.2 Å². The van der Waals surface area contributed by atoms with Crippen molar-refractivity contribution in [3.63, 3.8) is 0 Å². The molecule has 1 atom stereocenters. The maximum absolute atomic E-state index is 12.1. The highest BCUT2D eigenvalue weighted by Crippen LogP contribution is 2.22. The van der Waals surface area contributed by atoms with Crippen molar-refractivity contribution in [3.05, 3.63) is 23.8 Å². The zero-order valence-corrected chi connectivity index (χ0v) is 17.6. The SMILES string of the molecule is Cc1ccc(NC(=O)C(C)(C)C)cc1NC(=O)CNC(=O)[C@@H](N)C(C)C.Cl. The van der Waals surface area contributed by atoms with Gasteiger partial charge in [-0.1, -0.05) is 40.7 Å². The van der Waals surface area contributed by atoms with Crippen molar-refractivity contribution in [2.24, 2.45) is 17.1 Å². The summed E-state index contributed by atoms with van der Waals surface area (Å²) in [5.41, 5.74) is 7.23. The molecule has 5 N–H and O–H groups in total. The molecule has 3 amide bonds. The van der Waals surface area contributed by atoms with E-state index in [0.29, 0.717) is 11.4 Å². The van der Waals surface area contributed by atoms with Gasteiger partial charge in [-0.2, -0.15) is 0 Å². The van der Waals surface area contributed by atoms with Gasteiger partial charge in [0.05, 0.1) is 12.6 Å². The van der Waals surface area contributed by atoms with E-state index >= 15 is 0 Å². The van der Waals surface area contributed by atoms with Crippen LogP contribution >= 0.6 is 12.4 Å². The zero-order valence-electron chi connectivity index (χ0n) is 16.8. The molecule has 8 heteroatoms. The molecule has 0 unspecified atom stereocenters. The Morgan fingerprint density at radius 3 is 2.22 bits per heavy atom. The predicted octanol–water partition coefficient (Wildman–Crippen LogP) is 2.44. The third-order valence-corrected chi connectivity index (χ3v) is 3.89. The molecule has 0 aliphatic rings. The number of carbonyl (C=O) groups is 3. The highest BCUT2D eigenvalue weighted by Gasteiger charge is 2.21. The number of halogens is 1. The van der Waals surface area contributed by atoms with Crippen LogP contribution in [0, 0.1) is 18.3 Å². The van der Waals surface area contributed by atoms with Crippen LogP contribution in [0.1, 0.15) is 40.2 Å². The van der Waals surface area contributed by atoms with E-state index in [1.165, 1.54) is 0 Å². The Hall–Kier alpha value is -2.12. The molecule has 0 saturated heterocycles. The zero-order chi connectivity index (χ0) is 20.1. The molecular weight excluding hydrogens is 368 g/mol. The number of carbonyl (C=O) groups excluding carboxylic acids is 3. The number of anilines is 2. The van der Waals surface area contributed by atoms with Crippen LogP contribution in [0.3, 0.4) is 0 Å². The van der Waals surface area contributed by atoms with Crippen molar-refractivity contribution in [1.29, 1.82) is 0 Å². The fraction of sp³-hybridized carbons (Fsp3) is 0.526. The van der Waals surface area contributed by atoms with Crippen molar-refractivity contribution in [2.75, 3.05) is 17.2 Å². The maximum atomic E-state index is 12.1. The van der Waals surface area contributed by atoms with E-state index in [0.717, 1.165) is 5.56 Å². The number of nitrogens with two attached hydrogens (primary N) is 1. The minimum absolute atomic E-state index is 0. The average Bonchev–Trinajstić information content (AvgIpc) is 2.53. The molecule has 0 heterocycles. The third kappa shape index (κ3) is 7.97. The number of nitrogens with one attached hydrogen (secondary N) is 3. The van der Waals surface area contributed by atoms with Gasteiger partial charge < -0.3 is 21.7 Å². The molecule has 0 saturated carbocycles. The first-order valence-corrected chi connectivity index (χ1v) is 8.67. The Morgan fingerprint density at radius 1 is 1.11 bits per heavy atom. The summed E-state index contributed by atoms with van der Waals surface area (Å²) >= 11 is 0. The number of aryl methyl sites for hydroxylation is 1. The second-order valence-electron chi connectivity index (χ2n) is 7.77. The smallest absolute Gasteiger partial charge is 0.243 e. The molecule has 0 aliphatic carbocycles. The molecule has 0 bridgehead atoms. The summed E-state index contributed by atoms with van der Waals surface area (Å²) in [4.78, 5) is 36.0. The molecular formula is C19H31ClN4O3. The van der Waals surface area contributed by atoms with Crippen molar-refractivity contribution in [3.8, 4) is 0 Å². The van der Waals surface area contributed by atoms with E-state index in [-0.39, 0.29) is 42.6 Å². The maximum Gasteiger partial charge on any atom is 0.243 e. The van der Waals surface area contributed by atoms with Crippen molar-refractivity contribution in [1.82, 2.24) is 5.32 Å². The first kappa shape index (κ1) is 24.9. The normalized spacial score (nSPS) is 12.0. The van der Waals surface area contributed by atoms with E-state index in [4.69, 9.17) is 5.73 Å². The summed E-state index contributed by atoms with van der Waals surface area (Å²) in [7, 11) is 0. The summed E-state index contributed by atoms with van der Waals surface area (Å²) in [6.45, 7) is 10.8. The molecule has 0 spiro atoms. The van der Waals surface area contributed by atoms with Gasteiger partial charge in [-0.15, -0.1) is 12.4 Å². The van der Waals surface area contributed by atoms with Gasteiger partial charge in [-0.25, -0.2) is 0 Å². The van der Waals surface area contributed by atoms with Crippen LogP contribution in [0.5, 0.6) is 0 Å². The molecule has 7 nitrogen and oxygen atoms in total. The van der Waals surface area contributed by atoms with E-state index < -0.39 is 11.5 Å². The van der Waals surface area contributed by atoms with Crippen LogP contribution in [0.15, 0.2) is 18.2 Å². The Labute approximate surface area is 167 Å². The van der Waals surface area contributed by atoms with Gasteiger partial charge in [-0.3, -0.25) is 14.4 Å². The Balaban J connectivity index is 0.00000676. The lowest BCUT2D eigenvalue weighted by Gasteiger charge is -2.19. The van der Waals surface area contributed by atoms with Crippen molar-refractivity contribution < 1.29 is 14.4 Å². The van der Waals surface area contributed by atoms with Gasteiger partial charge in [0, 0.05) is 16.8 Å². The van der Waals surface area contributed by atoms with Crippen LogP contribution in [-0.2, 0) is 14.4 Å². The lowest BCUT2D eigenvalue weighted by atomic mass is 9.95. The van der Waals surface area contributed by atoms with Gasteiger partial charge in [-0.05, 0) is 30.5 Å². The second-order valence-corrected chi connectivity index (χ2v) is 7.77. The highest BCUT2D eigenvalue weighted by atomic mass is 35.5. The summed E-state index contributed by atoms with van der Waals surface area (Å²) in [6.07, 6.45) is 0. The molecule has 0 radical (unpaired) electrons. The summed E-state index contributed by atoms with van der Waals surface area (Å²) in [6, 6.07) is 4.62. The summed E-state index contributed by atoms with van der Waals surface area (Å²) in [5.74, 6) is -0.855. The molecule has 1 aromatic rings. The molecule has 0 fully saturated rings. The summed E-state index contributed by atoms with van der Waals surface area (Å²) < 4.78 is 0. The molecule has 27 heavy (non-hydrogen) atoms. The van der Waals surface area contributed by atoms with Crippen LogP contribution in [0.2, 0.25) is 0 Å². The van der Waals surface area contributed by atoms with Gasteiger partial charge in [0.25, 0.3) is 0 Å². The van der Waals surface area contributed by atoms with Gasteiger partial charge in [0.2, 0.25) is 17.7 Å². The lowest BCUT2D eigenvalue weighted by Crippen LogP contribution is -2.46. The summed E-state index contributed by atoms with van der Waals surface area (Å²) in [5, 5.41) is 8.09. The van der Waals surface area contributed by atoms with E-state index in [9.17, 15) is 14.4 Å². The van der Waals surface area contributed by atoms with Crippen molar-refractivity contribution >= 4 is 41.5 Å². The highest BCUT2D eigenvalue weighted by molar-refractivity contribution is 5.98. The Kier molecular flexibility index (Phi) is 9.47. The largest absolute Gasteiger partial charge is 0.346 e. The fourth-order valence-corrected chi connectivity index (χ4v) is 1.94. The van der Waals surface area contributed by atoms with Gasteiger partial charge >= 0.3 is 0 Å². The number of hydrogen-bond donors (Lipinski definition) is 4. The van der Waals surface area contributed by atoms with Crippen LogP contribution < -0.4 is 21.7 Å². The Bertz CT molecular complexity index is 684. The van der Waals surface area contributed by atoms with Gasteiger partial charge in [0.1, 0.15) is 0 Å². The molecule has 1 aromatic carbocycles. The van der Waals surface area contributed by atoms with Crippen LogP contribution in [0.25, 0.3) is 0 Å². The quantitative estimate of drug-likeness (QED) is 0.589. The minimum Gasteiger partial charge on any atom is -0.346 e. The van der Waals surface area contributed by atoms with Crippen molar-refractivity contribution in [2.45, 2.75) is 47.6 Å². The monoisotopic (exact) mass is 398 g/mol. The molecule has 0 aromatic heterocycles. The number of amides is 3. The minimum atomic E-state index is -0.652.